The van der Waals surface area contributed by atoms with Crippen LogP contribution < -0.4 is 16.0 Å². The van der Waals surface area contributed by atoms with Crippen LogP contribution in [-0.2, 0) is 51.1 Å². The monoisotopic (exact) mass is 705 g/mol. The van der Waals surface area contributed by atoms with Gasteiger partial charge < -0.3 is 35.1 Å². The summed E-state index contributed by atoms with van der Waals surface area (Å²) in [4.78, 5) is 79.3. The van der Waals surface area contributed by atoms with Gasteiger partial charge in [-0.2, -0.15) is 0 Å². The average molecular weight is 706 g/mol. The number of benzene rings is 1. The molecule has 1 unspecified atom stereocenters. The lowest BCUT2D eigenvalue weighted by molar-refractivity contribution is -0.160. The van der Waals surface area contributed by atoms with Crippen LogP contribution in [0.1, 0.15) is 94.2 Å². The molecule has 0 spiro atoms. The number of likely N-dealkylation sites (N-methyl/N-ethyl adjacent to an activating group) is 1. The van der Waals surface area contributed by atoms with E-state index in [9.17, 15) is 28.8 Å². The van der Waals surface area contributed by atoms with E-state index in [2.05, 4.69) is 16.0 Å². The summed E-state index contributed by atoms with van der Waals surface area (Å²) in [5, 5.41) is 7.88. The van der Waals surface area contributed by atoms with Gasteiger partial charge in [0.25, 0.3) is 0 Å². The predicted molar refractivity (Wildman–Crippen MR) is 190 cm³/mol. The van der Waals surface area contributed by atoms with Crippen molar-refractivity contribution in [3.8, 4) is 0 Å². The number of anilines is 1. The highest BCUT2D eigenvalue weighted by molar-refractivity contribution is 5.96. The number of rotatable bonds is 15. The van der Waals surface area contributed by atoms with Crippen molar-refractivity contribution in [1.29, 1.82) is 0 Å². The molecule has 1 aromatic carbocycles. The molecule has 0 bridgehead atoms. The third-order valence-electron chi connectivity index (χ3n) is 6.65. The molecule has 50 heavy (non-hydrogen) atoms. The van der Waals surface area contributed by atoms with Gasteiger partial charge in [-0.25, -0.2) is 4.79 Å². The molecular formula is C36H59N5O9. The first-order valence-corrected chi connectivity index (χ1v) is 16.9. The molecule has 4 amide bonds. The molecule has 1 atom stereocenters. The number of carbonyl (C=O) groups excluding carboxylic acids is 6. The Labute approximate surface area is 297 Å². The maximum Gasteiger partial charge on any atom is 0.408 e. The summed E-state index contributed by atoms with van der Waals surface area (Å²) in [6.45, 7) is 20.0. The summed E-state index contributed by atoms with van der Waals surface area (Å²) in [5.74, 6) is -2.80. The third kappa shape index (κ3) is 18.0. The van der Waals surface area contributed by atoms with E-state index >= 15 is 0 Å². The van der Waals surface area contributed by atoms with E-state index in [-0.39, 0.29) is 44.5 Å². The van der Waals surface area contributed by atoms with Crippen molar-refractivity contribution in [2.75, 3.05) is 38.5 Å². The van der Waals surface area contributed by atoms with E-state index in [1.165, 1.54) is 9.80 Å². The molecule has 0 saturated carbocycles. The van der Waals surface area contributed by atoms with Gasteiger partial charge in [0.05, 0.1) is 26.2 Å². The van der Waals surface area contributed by atoms with Crippen LogP contribution in [0, 0.1) is 5.92 Å². The number of alkyl carbamates (subject to hydrolysis) is 1. The minimum absolute atomic E-state index is 0.182. The Hall–Kier alpha value is -4.20. The molecule has 1 rings (SSSR count). The van der Waals surface area contributed by atoms with E-state index in [4.69, 9.17) is 14.2 Å². The van der Waals surface area contributed by atoms with Crippen LogP contribution >= 0.6 is 0 Å². The molecule has 0 aliphatic heterocycles. The fraction of sp³-hybridized carbons (Fsp3) is 0.667. The number of hydrogen-bond acceptors (Lipinski definition) is 10. The van der Waals surface area contributed by atoms with E-state index < -0.39 is 52.7 Å². The third-order valence-corrected chi connectivity index (χ3v) is 6.65. The van der Waals surface area contributed by atoms with Gasteiger partial charge in [0, 0.05) is 19.3 Å². The number of esters is 2. The van der Waals surface area contributed by atoms with Gasteiger partial charge in [-0.1, -0.05) is 26.8 Å². The normalized spacial score (nSPS) is 12.5. The van der Waals surface area contributed by atoms with Crippen molar-refractivity contribution in [1.82, 2.24) is 20.4 Å². The largest absolute Gasteiger partial charge is 0.459 e. The van der Waals surface area contributed by atoms with Crippen molar-refractivity contribution < 1.29 is 43.0 Å². The van der Waals surface area contributed by atoms with Crippen molar-refractivity contribution in [2.45, 2.75) is 119 Å². The Bertz CT molecular complexity index is 1330. The highest BCUT2D eigenvalue weighted by Crippen LogP contribution is 2.19. The van der Waals surface area contributed by atoms with Gasteiger partial charge in [0.2, 0.25) is 17.7 Å². The van der Waals surface area contributed by atoms with E-state index in [0.29, 0.717) is 12.1 Å². The molecule has 0 aliphatic carbocycles. The molecule has 14 heteroatoms. The number of nitrogens with one attached hydrogen (secondary N) is 3. The molecule has 3 N–H and O–H groups in total. The van der Waals surface area contributed by atoms with Gasteiger partial charge in [0.1, 0.15) is 22.8 Å². The second-order valence-electron chi connectivity index (χ2n) is 15.5. The molecule has 0 aromatic heterocycles. The van der Waals surface area contributed by atoms with Crippen LogP contribution in [-0.4, -0.2) is 102 Å². The van der Waals surface area contributed by atoms with Crippen molar-refractivity contribution in [3.05, 3.63) is 29.3 Å². The lowest BCUT2D eigenvalue weighted by Gasteiger charge is -2.27. The van der Waals surface area contributed by atoms with E-state index in [1.54, 1.807) is 95.3 Å². The van der Waals surface area contributed by atoms with Crippen LogP contribution in [0.2, 0.25) is 0 Å². The minimum Gasteiger partial charge on any atom is -0.459 e. The first kappa shape index (κ1) is 43.8. The molecule has 0 aliphatic rings. The van der Waals surface area contributed by atoms with Crippen LogP contribution in [0.5, 0.6) is 0 Å². The Morgan fingerprint density at radius 2 is 1.28 bits per heavy atom. The number of carbonyl (C=O) groups is 6. The lowest BCUT2D eigenvalue weighted by atomic mass is 10.0. The maximum absolute atomic E-state index is 13.4. The smallest absolute Gasteiger partial charge is 0.408 e. The molecular weight excluding hydrogens is 646 g/mol. The number of aryl methyl sites for hydroxylation is 1. The summed E-state index contributed by atoms with van der Waals surface area (Å²) in [6, 6.07) is 4.42. The van der Waals surface area contributed by atoms with Gasteiger partial charge in [0.15, 0.2) is 0 Å². The highest BCUT2D eigenvalue weighted by Gasteiger charge is 2.28. The fourth-order valence-electron chi connectivity index (χ4n) is 4.58. The predicted octanol–water partition coefficient (Wildman–Crippen LogP) is 3.80. The molecule has 0 saturated heterocycles. The Morgan fingerprint density at radius 1 is 0.760 bits per heavy atom. The fourth-order valence-corrected chi connectivity index (χ4v) is 4.58. The number of amides is 4. The molecule has 282 valence electrons. The Morgan fingerprint density at radius 3 is 1.74 bits per heavy atom. The number of ether oxygens (including phenoxy) is 3. The number of nitrogens with zero attached hydrogens (tertiary/aromatic N) is 2. The van der Waals surface area contributed by atoms with Crippen LogP contribution in [0.25, 0.3) is 0 Å². The highest BCUT2D eigenvalue weighted by atomic mass is 16.6. The SMILES string of the molecule is CCc1ccc(NC(=O)CNC(=O)C(NC(=O)OC(C)(C)C)C(C)C)cc1CN(C)C(=O)CN(CC(=O)OC(C)(C)C)CC(=O)OC(C)(C)C. The van der Waals surface area contributed by atoms with E-state index in [1.807, 2.05) is 13.0 Å². The molecule has 14 nitrogen and oxygen atoms in total. The van der Waals surface area contributed by atoms with Gasteiger partial charge in [-0.3, -0.25) is 28.9 Å². The molecule has 1 aromatic rings. The van der Waals surface area contributed by atoms with Gasteiger partial charge in [-0.05, 0) is 97.9 Å². The zero-order valence-corrected chi connectivity index (χ0v) is 32.2. The maximum atomic E-state index is 13.4. The van der Waals surface area contributed by atoms with E-state index in [0.717, 1.165) is 11.1 Å². The van der Waals surface area contributed by atoms with Crippen molar-refractivity contribution in [3.63, 3.8) is 0 Å². The minimum atomic E-state index is -0.912. The molecule has 0 radical (unpaired) electrons. The summed E-state index contributed by atoms with van der Waals surface area (Å²) in [7, 11) is 1.61. The van der Waals surface area contributed by atoms with Crippen LogP contribution in [0.4, 0.5) is 10.5 Å². The van der Waals surface area contributed by atoms with Gasteiger partial charge >= 0.3 is 18.0 Å². The Balaban J connectivity index is 2.98. The average Bonchev–Trinajstić information content (AvgIpc) is 2.91. The summed E-state index contributed by atoms with van der Waals surface area (Å²) in [6.07, 6.45) is -0.0756. The molecule has 0 fully saturated rings. The zero-order valence-electron chi connectivity index (χ0n) is 32.2. The van der Waals surface area contributed by atoms with Crippen LogP contribution in [0.15, 0.2) is 18.2 Å². The topological polar surface area (TPSA) is 173 Å². The zero-order chi connectivity index (χ0) is 38.6. The Kier molecular flexibility index (Phi) is 16.4. The van der Waals surface area contributed by atoms with Gasteiger partial charge in [-0.15, -0.1) is 0 Å². The quantitative estimate of drug-likeness (QED) is 0.180. The molecule has 0 heterocycles. The standard InChI is InChI=1S/C36H59N5O9/c1-14-24-15-16-26(38-27(42)18-37-32(46)31(23(2)3)39-33(47)50-36(10,11)12)17-25(24)19-40(13)28(43)20-41(21-29(44)48-34(4,5)6)22-30(45)49-35(7,8)9/h15-17,23,31H,14,18-22H2,1-13H3,(H,37,46)(H,38,42)(H,39,47). The second kappa shape index (κ2) is 18.7. The van der Waals surface area contributed by atoms with Crippen molar-refractivity contribution in [2.24, 2.45) is 5.92 Å². The lowest BCUT2D eigenvalue weighted by Crippen LogP contribution is -2.52. The summed E-state index contributed by atoms with van der Waals surface area (Å²) >= 11 is 0. The van der Waals surface area contributed by atoms with Crippen molar-refractivity contribution >= 4 is 41.4 Å². The second-order valence-corrected chi connectivity index (χ2v) is 15.5. The first-order chi connectivity index (χ1) is 22.8. The summed E-state index contributed by atoms with van der Waals surface area (Å²) < 4.78 is 16.1. The first-order valence-electron chi connectivity index (χ1n) is 16.9. The number of hydrogen-bond donors (Lipinski definition) is 3. The van der Waals surface area contributed by atoms with Crippen LogP contribution in [0.3, 0.4) is 0 Å². The summed E-state index contributed by atoms with van der Waals surface area (Å²) in [5.41, 5.74) is -0.0388.